The number of fused-ring (bicyclic) bond motifs is 1. The molecule has 7 nitrogen and oxygen atoms in total. The van der Waals surface area contributed by atoms with E-state index in [2.05, 4.69) is 5.32 Å². The van der Waals surface area contributed by atoms with Crippen molar-refractivity contribution >= 4 is 11.8 Å². The third-order valence-corrected chi connectivity index (χ3v) is 5.66. The van der Waals surface area contributed by atoms with Crippen LogP contribution in [0.1, 0.15) is 40.4 Å². The molecule has 0 aliphatic carbocycles. The van der Waals surface area contributed by atoms with Crippen LogP contribution in [0.15, 0.2) is 42.5 Å². The molecule has 0 saturated carbocycles. The molecule has 1 saturated heterocycles. The molecule has 2 atom stereocenters. The van der Waals surface area contributed by atoms with Crippen LogP contribution in [0.4, 0.5) is 0 Å². The van der Waals surface area contributed by atoms with Gasteiger partial charge < -0.3 is 24.4 Å². The number of methoxy groups -OCH3 is 2. The van der Waals surface area contributed by atoms with E-state index in [0.29, 0.717) is 29.2 Å². The Balaban J connectivity index is 1.62. The molecule has 0 aromatic heterocycles. The number of ether oxygens (including phenoxy) is 3. The molecule has 158 valence electrons. The highest BCUT2D eigenvalue weighted by molar-refractivity contribution is 6.04. The van der Waals surface area contributed by atoms with Crippen LogP contribution in [0.3, 0.4) is 0 Å². The molecule has 0 radical (unpaired) electrons. The number of carbonyl (C=O) groups excluding carboxylic acids is 2. The lowest BCUT2D eigenvalue weighted by Crippen LogP contribution is -2.41. The van der Waals surface area contributed by atoms with E-state index in [0.717, 1.165) is 25.0 Å². The largest absolute Gasteiger partial charge is 0.497 e. The normalized spacial score (nSPS) is 20.2. The van der Waals surface area contributed by atoms with Gasteiger partial charge in [-0.2, -0.15) is 0 Å². The minimum Gasteiger partial charge on any atom is -0.497 e. The van der Waals surface area contributed by atoms with Gasteiger partial charge in [0.1, 0.15) is 17.5 Å². The second-order valence-corrected chi connectivity index (χ2v) is 7.48. The average Bonchev–Trinajstić information content (AvgIpc) is 3.39. The highest BCUT2D eigenvalue weighted by Gasteiger charge is 2.41. The Kier molecular flexibility index (Phi) is 5.90. The Bertz CT molecular complexity index is 939. The molecule has 2 heterocycles. The van der Waals surface area contributed by atoms with Crippen LogP contribution in [0.25, 0.3) is 0 Å². The minimum absolute atomic E-state index is 0.0354. The van der Waals surface area contributed by atoms with Crippen molar-refractivity contribution in [2.75, 3.05) is 27.4 Å². The number of nitrogens with one attached hydrogen (secondary N) is 1. The molecule has 1 fully saturated rings. The van der Waals surface area contributed by atoms with E-state index in [1.54, 1.807) is 37.3 Å². The molecule has 1 N–H and O–H groups in total. The molecule has 2 aliphatic heterocycles. The van der Waals surface area contributed by atoms with Gasteiger partial charge in [0.15, 0.2) is 0 Å². The van der Waals surface area contributed by atoms with E-state index >= 15 is 0 Å². The topological polar surface area (TPSA) is 77.1 Å². The predicted octanol–water partition coefficient (Wildman–Crippen LogP) is 2.70. The summed E-state index contributed by atoms with van der Waals surface area (Å²) in [5.74, 6) is 0.922. The summed E-state index contributed by atoms with van der Waals surface area (Å²) in [5, 5.41) is 2.98. The first-order valence-electron chi connectivity index (χ1n) is 10.1. The third-order valence-electron chi connectivity index (χ3n) is 5.66. The van der Waals surface area contributed by atoms with Gasteiger partial charge in [-0.25, -0.2) is 0 Å². The standard InChI is InChI=1S/C23H26N2O5/c1-28-16-9-10-20(29-2)15(12-16)14-25-21(18-7-3-4-8-19(18)23(25)27)22(26)24-13-17-6-5-11-30-17/h3-4,7-10,12,17,21H,5-6,11,13-14H2,1-2H3,(H,24,26)/t17-,21-/m0/s1. The zero-order chi connectivity index (χ0) is 21.1. The van der Waals surface area contributed by atoms with Crippen molar-refractivity contribution in [2.45, 2.75) is 31.5 Å². The van der Waals surface area contributed by atoms with Gasteiger partial charge in [0.2, 0.25) is 5.91 Å². The molecule has 0 unspecified atom stereocenters. The molecule has 2 aromatic carbocycles. The molecule has 7 heteroatoms. The molecule has 2 amide bonds. The average molecular weight is 410 g/mol. The van der Waals surface area contributed by atoms with Crippen molar-refractivity contribution in [2.24, 2.45) is 0 Å². The number of amides is 2. The van der Waals surface area contributed by atoms with Crippen molar-refractivity contribution in [3.05, 3.63) is 59.2 Å². The monoisotopic (exact) mass is 410 g/mol. The number of rotatable bonds is 7. The van der Waals surface area contributed by atoms with Crippen molar-refractivity contribution in [1.82, 2.24) is 10.2 Å². The highest BCUT2D eigenvalue weighted by atomic mass is 16.5. The first-order chi connectivity index (χ1) is 14.6. The van der Waals surface area contributed by atoms with Gasteiger partial charge in [0.25, 0.3) is 5.91 Å². The zero-order valence-electron chi connectivity index (χ0n) is 17.2. The van der Waals surface area contributed by atoms with Crippen LogP contribution >= 0.6 is 0 Å². The fourth-order valence-electron chi connectivity index (χ4n) is 4.12. The quantitative estimate of drug-likeness (QED) is 0.760. The molecular formula is C23H26N2O5. The summed E-state index contributed by atoms with van der Waals surface area (Å²) in [6, 6.07) is 12.0. The Morgan fingerprint density at radius 2 is 2.03 bits per heavy atom. The summed E-state index contributed by atoms with van der Waals surface area (Å²) in [4.78, 5) is 27.9. The van der Waals surface area contributed by atoms with E-state index in [4.69, 9.17) is 14.2 Å². The number of hydrogen-bond acceptors (Lipinski definition) is 5. The fourth-order valence-corrected chi connectivity index (χ4v) is 4.12. The lowest BCUT2D eigenvalue weighted by molar-refractivity contribution is -0.126. The van der Waals surface area contributed by atoms with Gasteiger partial charge in [-0.05, 0) is 42.7 Å². The van der Waals surface area contributed by atoms with Crippen molar-refractivity contribution < 1.29 is 23.8 Å². The second-order valence-electron chi connectivity index (χ2n) is 7.48. The third kappa shape index (κ3) is 3.85. The van der Waals surface area contributed by atoms with E-state index < -0.39 is 6.04 Å². The van der Waals surface area contributed by atoms with Gasteiger partial charge in [-0.15, -0.1) is 0 Å². The first kappa shape index (κ1) is 20.2. The molecule has 2 aliphatic rings. The lowest BCUT2D eigenvalue weighted by Gasteiger charge is -2.26. The number of benzene rings is 2. The SMILES string of the molecule is COc1ccc(OC)c(CN2C(=O)c3ccccc3[C@H]2C(=O)NC[C@@H]2CCCO2)c1. The molecule has 30 heavy (non-hydrogen) atoms. The zero-order valence-corrected chi connectivity index (χ0v) is 17.2. The predicted molar refractivity (Wildman–Crippen MR) is 111 cm³/mol. The number of hydrogen-bond donors (Lipinski definition) is 1. The van der Waals surface area contributed by atoms with Crippen molar-refractivity contribution in [1.29, 1.82) is 0 Å². The van der Waals surface area contributed by atoms with Crippen LogP contribution in [0.2, 0.25) is 0 Å². The van der Waals surface area contributed by atoms with E-state index in [1.165, 1.54) is 0 Å². The molecule has 0 spiro atoms. The molecule has 0 bridgehead atoms. The van der Waals surface area contributed by atoms with Crippen LogP contribution in [0, 0.1) is 0 Å². The van der Waals surface area contributed by atoms with E-state index in [9.17, 15) is 9.59 Å². The maximum Gasteiger partial charge on any atom is 0.255 e. The van der Waals surface area contributed by atoms with Crippen LogP contribution in [-0.4, -0.2) is 50.2 Å². The number of carbonyl (C=O) groups is 2. The summed E-state index contributed by atoms with van der Waals surface area (Å²) in [5.41, 5.74) is 2.04. The van der Waals surface area contributed by atoms with Crippen LogP contribution in [-0.2, 0) is 16.1 Å². The van der Waals surface area contributed by atoms with Gasteiger partial charge in [-0.1, -0.05) is 18.2 Å². The summed E-state index contributed by atoms with van der Waals surface area (Å²) in [7, 11) is 3.17. The maximum atomic E-state index is 13.2. The Morgan fingerprint density at radius 1 is 1.20 bits per heavy atom. The molecule has 4 rings (SSSR count). The summed E-state index contributed by atoms with van der Waals surface area (Å²) in [6.45, 7) is 1.40. The maximum absolute atomic E-state index is 13.2. The van der Waals surface area contributed by atoms with Gasteiger partial charge in [0, 0.05) is 24.3 Å². The molecular weight excluding hydrogens is 384 g/mol. The molecule has 2 aromatic rings. The summed E-state index contributed by atoms with van der Waals surface area (Å²) >= 11 is 0. The number of nitrogens with zero attached hydrogens (tertiary/aromatic N) is 1. The Hall–Kier alpha value is -3.06. The van der Waals surface area contributed by atoms with Gasteiger partial charge >= 0.3 is 0 Å². The van der Waals surface area contributed by atoms with Crippen molar-refractivity contribution in [3.63, 3.8) is 0 Å². The lowest BCUT2D eigenvalue weighted by atomic mass is 10.0. The smallest absolute Gasteiger partial charge is 0.255 e. The van der Waals surface area contributed by atoms with Gasteiger partial charge in [0.05, 0.1) is 26.9 Å². The Labute approximate surface area is 175 Å². The van der Waals surface area contributed by atoms with Gasteiger partial charge in [-0.3, -0.25) is 9.59 Å². The van der Waals surface area contributed by atoms with Crippen molar-refractivity contribution in [3.8, 4) is 11.5 Å². The van der Waals surface area contributed by atoms with E-state index in [-0.39, 0.29) is 24.5 Å². The van der Waals surface area contributed by atoms with Crippen LogP contribution in [0.5, 0.6) is 11.5 Å². The summed E-state index contributed by atoms with van der Waals surface area (Å²) < 4.78 is 16.4. The second kappa shape index (κ2) is 8.75. The minimum atomic E-state index is -0.703. The fraction of sp³-hybridized carbons (Fsp3) is 0.391. The van der Waals surface area contributed by atoms with E-state index in [1.807, 2.05) is 24.3 Å². The van der Waals surface area contributed by atoms with Crippen LogP contribution < -0.4 is 14.8 Å². The highest BCUT2D eigenvalue weighted by Crippen LogP contribution is 2.37. The summed E-state index contributed by atoms with van der Waals surface area (Å²) in [6.07, 6.45) is 1.98. The Morgan fingerprint density at radius 3 is 2.77 bits per heavy atom. The first-order valence-corrected chi connectivity index (χ1v) is 10.1.